The maximum atomic E-state index is 10.7. The van der Waals surface area contributed by atoms with Gasteiger partial charge in [-0.05, 0) is 0 Å². The Morgan fingerprint density at radius 3 is 2.65 bits per heavy atom. The summed E-state index contributed by atoms with van der Waals surface area (Å²) in [6, 6.07) is 0. The molecule has 5 atom stereocenters. The average Bonchev–Trinajstić information content (AvgIpc) is 2.56. The van der Waals surface area contributed by atoms with Crippen LogP contribution in [0, 0.1) is 0 Å². The summed E-state index contributed by atoms with van der Waals surface area (Å²) in [7, 11) is -1.26. The van der Waals surface area contributed by atoms with Crippen molar-refractivity contribution in [3.05, 3.63) is 0 Å². The Morgan fingerprint density at radius 2 is 2.12 bits per heavy atom. The maximum Gasteiger partial charge on any atom is 0.695 e. The van der Waals surface area contributed by atoms with Crippen molar-refractivity contribution in [2.45, 2.75) is 23.7 Å². The summed E-state index contributed by atoms with van der Waals surface area (Å²) in [5, 5.41) is 9.06. The van der Waals surface area contributed by atoms with E-state index >= 15 is 0 Å². The first-order chi connectivity index (χ1) is 8.10. The van der Waals surface area contributed by atoms with Crippen LogP contribution >= 0.6 is 20.9 Å². The van der Waals surface area contributed by atoms with E-state index in [1.54, 1.807) is 0 Å². The van der Waals surface area contributed by atoms with E-state index in [4.69, 9.17) is 28.7 Å². The molecule has 0 aromatic carbocycles. The van der Waals surface area contributed by atoms with Gasteiger partial charge in [-0.1, -0.05) is 0 Å². The van der Waals surface area contributed by atoms with Crippen LogP contribution in [0.2, 0.25) is 0 Å². The SMILES string of the molecule is COCCOC1C(S)OC(CO)C1O[P+](=O)O. The van der Waals surface area contributed by atoms with Gasteiger partial charge in [-0.2, -0.15) is 0 Å². The van der Waals surface area contributed by atoms with E-state index in [9.17, 15) is 4.57 Å². The van der Waals surface area contributed by atoms with Crippen LogP contribution < -0.4 is 0 Å². The number of methoxy groups -OCH3 is 1. The minimum atomic E-state index is -2.79. The summed E-state index contributed by atoms with van der Waals surface area (Å²) in [5.74, 6) is 0. The van der Waals surface area contributed by atoms with Crippen LogP contribution in [0.4, 0.5) is 0 Å². The lowest BCUT2D eigenvalue weighted by Crippen LogP contribution is -2.37. The second-order valence-corrected chi connectivity index (χ2v) is 4.58. The quantitative estimate of drug-likeness (QED) is 0.336. The van der Waals surface area contributed by atoms with Gasteiger partial charge in [0.05, 0.1) is 19.8 Å². The molecule has 9 heteroatoms. The number of hydrogen-bond acceptors (Lipinski definition) is 7. The van der Waals surface area contributed by atoms with Gasteiger partial charge in [0, 0.05) is 11.7 Å². The fraction of sp³-hybridized carbons (Fsp3) is 1.00. The van der Waals surface area contributed by atoms with Crippen molar-refractivity contribution in [1.82, 2.24) is 0 Å². The van der Waals surface area contributed by atoms with Gasteiger partial charge < -0.3 is 19.3 Å². The molecule has 0 radical (unpaired) electrons. The molecular formula is C8H16O7PS+. The topological polar surface area (TPSA) is 94.5 Å². The third-order valence-corrected chi connectivity index (χ3v) is 3.11. The molecule has 1 aliphatic rings. The Balaban J connectivity index is 2.58. The molecule has 5 unspecified atom stereocenters. The molecule has 7 nitrogen and oxygen atoms in total. The van der Waals surface area contributed by atoms with Gasteiger partial charge in [-0.3, -0.25) is 0 Å². The Morgan fingerprint density at radius 1 is 1.41 bits per heavy atom. The second kappa shape index (κ2) is 7.60. The van der Waals surface area contributed by atoms with E-state index in [0.717, 1.165) is 0 Å². The average molecular weight is 287 g/mol. The zero-order valence-corrected chi connectivity index (χ0v) is 11.0. The first-order valence-electron chi connectivity index (χ1n) is 4.98. The van der Waals surface area contributed by atoms with E-state index in [2.05, 4.69) is 12.6 Å². The van der Waals surface area contributed by atoms with E-state index in [0.29, 0.717) is 6.61 Å². The van der Waals surface area contributed by atoms with Crippen molar-refractivity contribution < 1.29 is 33.3 Å². The van der Waals surface area contributed by atoms with E-state index in [-0.39, 0.29) is 13.2 Å². The van der Waals surface area contributed by atoms with Crippen molar-refractivity contribution >= 4 is 20.9 Å². The third kappa shape index (κ3) is 4.42. The van der Waals surface area contributed by atoms with Crippen LogP contribution in [-0.4, -0.2) is 60.7 Å². The summed E-state index contributed by atoms with van der Waals surface area (Å²) >= 11 is 4.13. The largest absolute Gasteiger partial charge is 0.695 e. The highest BCUT2D eigenvalue weighted by Gasteiger charge is 2.49. The molecule has 0 spiro atoms. The molecule has 0 amide bonds. The Labute approximate surface area is 105 Å². The number of rotatable bonds is 7. The fourth-order valence-electron chi connectivity index (χ4n) is 1.53. The zero-order valence-electron chi connectivity index (χ0n) is 9.26. The van der Waals surface area contributed by atoms with Crippen LogP contribution in [0.1, 0.15) is 0 Å². The first kappa shape index (κ1) is 15.3. The molecule has 0 aliphatic carbocycles. The van der Waals surface area contributed by atoms with Gasteiger partial charge in [0.15, 0.2) is 6.10 Å². The summed E-state index contributed by atoms with van der Waals surface area (Å²) < 4.78 is 30.9. The second-order valence-electron chi connectivity index (χ2n) is 3.38. The number of hydrogen-bond donors (Lipinski definition) is 3. The summed E-state index contributed by atoms with van der Waals surface area (Å²) in [4.78, 5) is 8.75. The predicted molar refractivity (Wildman–Crippen MR) is 61.0 cm³/mol. The lowest BCUT2D eigenvalue weighted by atomic mass is 10.1. The number of ether oxygens (including phenoxy) is 3. The minimum Gasteiger partial charge on any atom is -0.394 e. The Bertz CT molecular complexity index is 254. The van der Waals surface area contributed by atoms with Gasteiger partial charge in [0.2, 0.25) is 0 Å². The summed E-state index contributed by atoms with van der Waals surface area (Å²) in [6.45, 7) is 0.315. The van der Waals surface area contributed by atoms with E-state index < -0.39 is 32.0 Å². The smallest absolute Gasteiger partial charge is 0.394 e. The van der Waals surface area contributed by atoms with Crippen molar-refractivity contribution in [1.29, 1.82) is 0 Å². The van der Waals surface area contributed by atoms with Crippen molar-refractivity contribution in [3.63, 3.8) is 0 Å². The molecule has 1 heterocycles. The lowest BCUT2D eigenvalue weighted by Gasteiger charge is -2.17. The molecule has 0 aromatic heterocycles. The first-order valence-corrected chi connectivity index (χ1v) is 6.62. The Kier molecular flexibility index (Phi) is 6.83. The highest BCUT2D eigenvalue weighted by molar-refractivity contribution is 7.80. The molecule has 17 heavy (non-hydrogen) atoms. The molecule has 1 aliphatic heterocycles. The molecule has 1 saturated heterocycles. The molecule has 1 fully saturated rings. The molecule has 0 saturated carbocycles. The van der Waals surface area contributed by atoms with Crippen molar-refractivity contribution in [3.8, 4) is 0 Å². The molecule has 0 bridgehead atoms. The van der Waals surface area contributed by atoms with Gasteiger partial charge in [0.25, 0.3) is 0 Å². The van der Waals surface area contributed by atoms with E-state index in [1.807, 2.05) is 0 Å². The zero-order chi connectivity index (χ0) is 12.8. The Hall–Kier alpha value is 0.210. The van der Waals surface area contributed by atoms with Gasteiger partial charge in [-0.25, -0.2) is 0 Å². The van der Waals surface area contributed by atoms with Gasteiger partial charge in [0.1, 0.15) is 17.6 Å². The van der Waals surface area contributed by atoms with Crippen LogP contribution in [-0.2, 0) is 23.3 Å². The van der Waals surface area contributed by atoms with Crippen LogP contribution in [0.15, 0.2) is 0 Å². The van der Waals surface area contributed by atoms with Crippen LogP contribution in [0.3, 0.4) is 0 Å². The molecule has 2 N–H and O–H groups in total. The lowest BCUT2D eigenvalue weighted by molar-refractivity contribution is -0.0315. The molecule has 1 rings (SSSR count). The van der Waals surface area contributed by atoms with Crippen LogP contribution in [0.25, 0.3) is 0 Å². The molecular weight excluding hydrogens is 271 g/mol. The monoisotopic (exact) mass is 287 g/mol. The normalized spacial score (nSPS) is 34.0. The standard InChI is InChI=1S/C8H15O7PS/c1-12-2-3-13-7-6(15-16(10)11)5(4-9)14-8(7)17/h5-9H,2-4H2,1H3,(H-,10,11,17)/p+1. The van der Waals surface area contributed by atoms with E-state index in [1.165, 1.54) is 7.11 Å². The minimum absolute atomic E-state index is 0.280. The summed E-state index contributed by atoms with van der Waals surface area (Å²) in [5.41, 5.74) is -0.621. The molecule has 0 aromatic rings. The number of aliphatic hydroxyl groups is 1. The fourth-order valence-corrected chi connectivity index (χ4v) is 2.41. The van der Waals surface area contributed by atoms with Gasteiger partial charge >= 0.3 is 8.25 Å². The number of aliphatic hydroxyl groups excluding tert-OH is 1. The van der Waals surface area contributed by atoms with Crippen LogP contribution in [0.5, 0.6) is 0 Å². The molecule has 100 valence electrons. The summed E-state index contributed by atoms with van der Waals surface area (Å²) in [6.07, 6.45) is -2.18. The predicted octanol–water partition coefficient (Wildman–Crippen LogP) is -0.300. The van der Waals surface area contributed by atoms with Crippen molar-refractivity contribution in [2.24, 2.45) is 0 Å². The van der Waals surface area contributed by atoms with Crippen molar-refractivity contribution in [2.75, 3.05) is 26.9 Å². The highest BCUT2D eigenvalue weighted by atomic mass is 32.1. The highest BCUT2D eigenvalue weighted by Crippen LogP contribution is 2.33. The maximum absolute atomic E-state index is 10.7. The number of thiol groups is 1. The third-order valence-electron chi connectivity index (χ3n) is 2.28. The van der Waals surface area contributed by atoms with Gasteiger partial charge in [-0.15, -0.1) is 22.0 Å².